The molecule has 0 aliphatic heterocycles. The van der Waals surface area contributed by atoms with Crippen LogP contribution in [0.5, 0.6) is 0 Å². The highest BCUT2D eigenvalue weighted by Crippen LogP contribution is 2.32. The van der Waals surface area contributed by atoms with Crippen molar-refractivity contribution in [3.63, 3.8) is 0 Å². The highest BCUT2D eigenvalue weighted by Gasteiger charge is 2.32. The summed E-state index contributed by atoms with van der Waals surface area (Å²) in [6.07, 6.45) is 4.43. The normalized spacial score (nSPS) is 23.1. The third-order valence-corrected chi connectivity index (χ3v) is 4.34. The lowest BCUT2D eigenvalue weighted by Crippen LogP contribution is -2.40. The molecule has 2 atom stereocenters. The van der Waals surface area contributed by atoms with Crippen molar-refractivity contribution in [2.75, 3.05) is 18.5 Å². The van der Waals surface area contributed by atoms with Gasteiger partial charge in [0.25, 0.3) is 0 Å². The Kier molecular flexibility index (Phi) is 4.59. The second kappa shape index (κ2) is 6.20. The van der Waals surface area contributed by atoms with Crippen molar-refractivity contribution in [2.45, 2.75) is 32.6 Å². The van der Waals surface area contributed by atoms with Gasteiger partial charge in [-0.1, -0.05) is 31.0 Å². The van der Waals surface area contributed by atoms with E-state index in [2.05, 4.69) is 0 Å². The number of aryl methyl sites for hydroxylation is 1. The third-order valence-electron chi connectivity index (χ3n) is 4.34. The van der Waals surface area contributed by atoms with Gasteiger partial charge in [-0.25, -0.2) is 0 Å². The predicted octanol–water partition coefficient (Wildman–Crippen LogP) is 2.72. The highest BCUT2D eigenvalue weighted by atomic mass is 16.2. The summed E-state index contributed by atoms with van der Waals surface area (Å²) in [5.74, 6) is 0.681. The fraction of sp³-hybridized carbons (Fsp3) is 0.562. The number of hydrogen-bond donors (Lipinski definition) is 1. The van der Waals surface area contributed by atoms with Crippen molar-refractivity contribution in [1.82, 2.24) is 0 Å². The van der Waals surface area contributed by atoms with E-state index in [1.165, 1.54) is 6.42 Å². The van der Waals surface area contributed by atoms with Crippen LogP contribution >= 0.6 is 0 Å². The molecule has 104 valence electrons. The molecule has 3 heteroatoms. The standard InChI is InChI=1S/C16H24N2O/c1-12-7-3-6-10-15(12)18(2)16(19)14-9-5-4-8-13(14)11-17/h3,6-7,10,13-14H,4-5,8-9,11,17H2,1-2H3. The molecule has 1 aromatic carbocycles. The van der Waals surface area contributed by atoms with Crippen LogP contribution in [0.3, 0.4) is 0 Å². The second-order valence-corrected chi connectivity index (χ2v) is 5.57. The Morgan fingerprint density at radius 1 is 1.32 bits per heavy atom. The number of rotatable bonds is 3. The van der Waals surface area contributed by atoms with Gasteiger partial charge in [0.2, 0.25) is 5.91 Å². The van der Waals surface area contributed by atoms with E-state index in [4.69, 9.17) is 5.73 Å². The third kappa shape index (κ3) is 2.98. The van der Waals surface area contributed by atoms with Gasteiger partial charge in [0, 0.05) is 18.7 Å². The first-order valence-electron chi connectivity index (χ1n) is 7.18. The molecule has 1 amide bonds. The number of para-hydroxylation sites is 1. The van der Waals surface area contributed by atoms with Crippen molar-refractivity contribution in [1.29, 1.82) is 0 Å². The topological polar surface area (TPSA) is 46.3 Å². The van der Waals surface area contributed by atoms with Gasteiger partial charge < -0.3 is 10.6 Å². The van der Waals surface area contributed by atoms with Crippen LogP contribution in [0, 0.1) is 18.8 Å². The summed E-state index contributed by atoms with van der Waals surface area (Å²) >= 11 is 0. The average molecular weight is 260 g/mol. The Labute approximate surface area is 115 Å². The minimum atomic E-state index is 0.100. The maximum atomic E-state index is 12.7. The van der Waals surface area contributed by atoms with Crippen LogP contribution in [0.25, 0.3) is 0 Å². The van der Waals surface area contributed by atoms with E-state index in [0.717, 1.165) is 30.5 Å². The highest BCUT2D eigenvalue weighted by molar-refractivity contribution is 5.95. The fourth-order valence-electron chi connectivity index (χ4n) is 3.12. The van der Waals surface area contributed by atoms with E-state index in [9.17, 15) is 4.79 Å². The van der Waals surface area contributed by atoms with Crippen LogP contribution in [-0.4, -0.2) is 19.5 Å². The predicted molar refractivity (Wildman–Crippen MR) is 79.1 cm³/mol. The molecular weight excluding hydrogens is 236 g/mol. The number of nitrogens with two attached hydrogens (primary N) is 1. The quantitative estimate of drug-likeness (QED) is 0.908. The fourth-order valence-corrected chi connectivity index (χ4v) is 3.12. The number of hydrogen-bond acceptors (Lipinski definition) is 2. The minimum Gasteiger partial charge on any atom is -0.330 e. The lowest BCUT2D eigenvalue weighted by atomic mass is 9.78. The molecule has 3 nitrogen and oxygen atoms in total. The molecule has 1 fully saturated rings. The zero-order valence-corrected chi connectivity index (χ0v) is 11.9. The maximum Gasteiger partial charge on any atom is 0.230 e. The van der Waals surface area contributed by atoms with Crippen molar-refractivity contribution in [3.05, 3.63) is 29.8 Å². The number of carbonyl (C=O) groups excluding carboxylic acids is 1. The molecule has 0 spiro atoms. The van der Waals surface area contributed by atoms with E-state index < -0.39 is 0 Å². The van der Waals surface area contributed by atoms with Crippen LogP contribution in [0.1, 0.15) is 31.2 Å². The van der Waals surface area contributed by atoms with Crippen molar-refractivity contribution < 1.29 is 4.79 Å². The van der Waals surface area contributed by atoms with Gasteiger partial charge in [-0.3, -0.25) is 4.79 Å². The van der Waals surface area contributed by atoms with E-state index in [-0.39, 0.29) is 11.8 Å². The summed E-state index contributed by atoms with van der Waals surface area (Å²) in [4.78, 5) is 14.5. The molecule has 2 rings (SSSR count). The summed E-state index contributed by atoms with van der Waals surface area (Å²) in [5, 5.41) is 0. The Bertz CT molecular complexity index is 444. The number of anilines is 1. The van der Waals surface area contributed by atoms with Gasteiger partial charge >= 0.3 is 0 Å². The van der Waals surface area contributed by atoms with E-state index in [1.54, 1.807) is 0 Å². The zero-order valence-electron chi connectivity index (χ0n) is 11.9. The number of amides is 1. The van der Waals surface area contributed by atoms with Crippen molar-refractivity contribution >= 4 is 11.6 Å². The Hall–Kier alpha value is -1.35. The molecule has 1 aromatic rings. The van der Waals surface area contributed by atoms with Gasteiger partial charge in [0.1, 0.15) is 0 Å². The van der Waals surface area contributed by atoms with Crippen LogP contribution in [0.4, 0.5) is 5.69 Å². The summed E-state index contributed by atoms with van der Waals surface area (Å²) in [7, 11) is 1.88. The monoisotopic (exact) mass is 260 g/mol. The molecular formula is C16H24N2O. The van der Waals surface area contributed by atoms with Crippen LogP contribution < -0.4 is 10.6 Å². The molecule has 0 heterocycles. The molecule has 0 aromatic heterocycles. The maximum absolute atomic E-state index is 12.7. The van der Waals surface area contributed by atoms with Crippen LogP contribution in [0.2, 0.25) is 0 Å². The van der Waals surface area contributed by atoms with Crippen LogP contribution in [0.15, 0.2) is 24.3 Å². The van der Waals surface area contributed by atoms with E-state index >= 15 is 0 Å². The number of carbonyl (C=O) groups is 1. The minimum absolute atomic E-state index is 0.100. The summed E-state index contributed by atoms with van der Waals surface area (Å²) in [6, 6.07) is 8.03. The molecule has 1 saturated carbocycles. The molecule has 19 heavy (non-hydrogen) atoms. The Morgan fingerprint density at radius 3 is 2.68 bits per heavy atom. The van der Waals surface area contributed by atoms with Gasteiger partial charge in [0.15, 0.2) is 0 Å². The van der Waals surface area contributed by atoms with Gasteiger partial charge in [-0.2, -0.15) is 0 Å². The molecule has 0 bridgehead atoms. The second-order valence-electron chi connectivity index (χ2n) is 5.57. The zero-order chi connectivity index (χ0) is 13.8. The van der Waals surface area contributed by atoms with E-state index in [0.29, 0.717) is 12.5 Å². The smallest absolute Gasteiger partial charge is 0.230 e. The van der Waals surface area contributed by atoms with Gasteiger partial charge in [-0.15, -0.1) is 0 Å². The first-order chi connectivity index (χ1) is 9.15. The molecule has 1 aliphatic carbocycles. The molecule has 0 saturated heterocycles. The largest absolute Gasteiger partial charge is 0.330 e. The first kappa shape index (κ1) is 14.1. The van der Waals surface area contributed by atoms with Crippen molar-refractivity contribution in [3.8, 4) is 0 Å². The van der Waals surface area contributed by atoms with Gasteiger partial charge in [-0.05, 0) is 43.9 Å². The molecule has 0 radical (unpaired) electrons. The number of benzene rings is 1. The summed E-state index contributed by atoms with van der Waals surface area (Å²) < 4.78 is 0. The van der Waals surface area contributed by atoms with Crippen LogP contribution in [-0.2, 0) is 4.79 Å². The Morgan fingerprint density at radius 2 is 2.00 bits per heavy atom. The lowest BCUT2D eigenvalue weighted by molar-refractivity contribution is -0.124. The summed E-state index contributed by atoms with van der Waals surface area (Å²) in [6.45, 7) is 2.67. The summed E-state index contributed by atoms with van der Waals surface area (Å²) in [5.41, 5.74) is 7.98. The van der Waals surface area contributed by atoms with Crippen molar-refractivity contribution in [2.24, 2.45) is 17.6 Å². The average Bonchev–Trinajstić information content (AvgIpc) is 2.46. The SMILES string of the molecule is Cc1ccccc1N(C)C(=O)C1CCCCC1CN. The van der Waals surface area contributed by atoms with Gasteiger partial charge in [0.05, 0.1) is 0 Å². The first-order valence-corrected chi connectivity index (χ1v) is 7.18. The van der Waals surface area contributed by atoms with E-state index in [1.807, 2.05) is 43.1 Å². The molecule has 2 N–H and O–H groups in total. The number of nitrogens with zero attached hydrogens (tertiary/aromatic N) is 1. The lowest BCUT2D eigenvalue weighted by Gasteiger charge is -2.33. The molecule has 1 aliphatic rings. The molecule has 2 unspecified atom stereocenters. The Balaban J connectivity index is 2.16.